The Labute approximate surface area is 130 Å². The van der Waals surface area contributed by atoms with Crippen molar-refractivity contribution in [3.05, 3.63) is 34.9 Å². The summed E-state index contributed by atoms with van der Waals surface area (Å²) in [5, 5.41) is 4.12. The van der Waals surface area contributed by atoms with Crippen molar-refractivity contribution in [1.29, 1.82) is 0 Å². The van der Waals surface area contributed by atoms with Crippen LogP contribution in [0.25, 0.3) is 0 Å². The molecule has 0 saturated heterocycles. The summed E-state index contributed by atoms with van der Waals surface area (Å²) in [5.41, 5.74) is 3.43. The Hall–Kier alpha value is -0.830. The number of hydrogen-bond donors (Lipinski definition) is 1. The molecule has 0 atom stereocenters. The molecule has 1 amide bonds. The number of nitrogens with one attached hydrogen (secondary N) is 1. The van der Waals surface area contributed by atoms with Crippen LogP contribution in [0, 0.1) is 19.3 Å². The number of rotatable bonds is 4. The van der Waals surface area contributed by atoms with Gasteiger partial charge in [-0.15, -0.1) is 0 Å². The van der Waals surface area contributed by atoms with Crippen LogP contribution in [-0.2, 0) is 0 Å². The van der Waals surface area contributed by atoms with Crippen LogP contribution in [0.1, 0.15) is 53.6 Å². The largest absolute Gasteiger partial charge is 0.351 e. The van der Waals surface area contributed by atoms with Gasteiger partial charge in [-0.2, -0.15) is 0 Å². The molecule has 1 aliphatic carbocycles. The Balaban J connectivity index is 1.98. The molecule has 0 aliphatic heterocycles. The fraction of sp³-hybridized carbons (Fsp3) is 0.588. The van der Waals surface area contributed by atoms with E-state index >= 15 is 0 Å². The SMILES string of the molecule is Cc1ccc(C(=O)NCC2(CBr)CCCCC2)cc1C. The van der Waals surface area contributed by atoms with E-state index in [2.05, 4.69) is 28.2 Å². The first kappa shape index (κ1) is 15.6. The van der Waals surface area contributed by atoms with Gasteiger partial charge in [0.1, 0.15) is 0 Å². The Kier molecular flexibility index (Phi) is 5.25. The highest BCUT2D eigenvalue weighted by Crippen LogP contribution is 2.37. The van der Waals surface area contributed by atoms with Gasteiger partial charge in [-0.25, -0.2) is 0 Å². The third-order valence-electron chi connectivity index (χ3n) is 4.59. The van der Waals surface area contributed by atoms with Crippen LogP contribution in [0.5, 0.6) is 0 Å². The standard InChI is InChI=1S/C17H24BrNO/c1-13-6-7-15(10-14(13)2)16(20)19-12-17(11-18)8-4-3-5-9-17/h6-7,10H,3-5,8-9,11-12H2,1-2H3,(H,19,20). The van der Waals surface area contributed by atoms with E-state index in [-0.39, 0.29) is 11.3 Å². The maximum absolute atomic E-state index is 12.3. The van der Waals surface area contributed by atoms with E-state index in [0.717, 1.165) is 17.4 Å². The summed E-state index contributed by atoms with van der Waals surface area (Å²) in [5.74, 6) is 0.0546. The van der Waals surface area contributed by atoms with Crippen molar-refractivity contribution in [3.8, 4) is 0 Å². The van der Waals surface area contributed by atoms with E-state index in [9.17, 15) is 4.79 Å². The molecule has 0 heterocycles. The van der Waals surface area contributed by atoms with Crippen LogP contribution in [-0.4, -0.2) is 17.8 Å². The van der Waals surface area contributed by atoms with Gasteiger partial charge in [0, 0.05) is 17.4 Å². The first-order valence-electron chi connectivity index (χ1n) is 7.48. The molecule has 1 aromatic carbocycles. The molecule has 0 radical (unpaired) electrons. The topological polar surface area (TPSA) is 29.1 Å². The maximum Gasteiger partial charge on any atom is 0.251 e. The van der Waals surface area contributed by atoms with E-state index < -0.39 is 0 Å². The van der Waals surface area contributed by atoms with Gasteiger partial charge in [0.15, 0.2) is 0 Å². The first-order chi connectivity index (χ1) is 9.56. The van der Waals surface area contributed by atoms with Crippen molar-refractivity contribution < 1.29 is 4.79 Å². The van der Waals surface area contributed by atoms with Crippen molar-refractivity contribution in [2.45, 2.75) is 46.0 Å². The highest BCUT2D eigenvalue weighted by Gasteiger charge is 2.31. The van der Waals surface area contributed by atoms with Gasteiger partial charge < -0.3 is 5.32 Å². The molecule has 1 saturated carbocycles. The van der Waals surface area contributed by atoms with Gasteiger partial charge >= 0.3 is 0 Å². The number of hydrogen-bond acceptors (Lipinski definition) is 1. The minimum absolute atomic E-state index is 0.0546. The number of benzene rings is 1. The molecule has 2 rings (SSSR count). The highest BCUT2D eigenvalue weighted by molar-refractivity contribution is 9.09. The summed E-state index contributed by atoms with van der Waals surface area (Å²) in [6.07, 6.45) is 6.33. The zero-order valence-electron chi connectivity index (χ0n) is 12.5. The number of halogens is 1. The van der Waals surface area contributed by atoms with Gasteiger partial charge in [-0.3, -0.25) is 4.79 Å². The van der Waals surface area contributed by atoms with E-state index in [1.807, 2.05) is 25.1 Å². The predicted molar refractivity (Wildman–Crippen MR) is 87.6 cm³/mol. The predicted octanol–water partition coefficient (Wildman–Crippen LogP) is 4.38. The highest BCUT2D eigenvalue weighted by atomic mass is 79.9. The second-order valence-electron chi connectivity index (χ2n) is 6.18. The fourth-order valence-corrected chi connectivity index (χ4v) is 3.67. The number of aryl methyl sites for hydroxylation is 2. The van der Waals surface area contributed by atoms with Crippen molar-refractivity contribution >= 4 is 21.8 Å². The van der Waals surface area contributed by atoms with E-state index in [0.29, 0.717) is 0 Å². The maximum atomic E-state index is 12.3. The molecule has 0 aromatic heterocycles. The van der Waals surface area contributed by atoms with E-state index in [1.54, 1.807) is 0 Å². The molecule has 0 unspecified atom stereocenters. The zero-order chi connectivity index (χ0) is 14.6. The van der Waals surface area contributed by atoms with Crippen LogP contribution in [0.4, 0.5) is 0 Å². The summed E-state index contributed by atoms with van der Waals surface area (Å²) in [7, 11) is 0. The van der Waals surface area contributed by atoms with Crippen LogP contribution >= 0.6 is 15.9 Å². The molecular formula is C17H24BrNO. The Morgan fingerprint density at radius 2 is 1.90 bits per heavy atom. The van der Waals surface area contributed by atoms with Crippen molar-refractivity contribution in [3.63, 3.8) is 0 Å². The summed E-state index contributed by atoms with van der Waals surface area (Å²) < 4.78 is 0. The number of amides is 1. The lowest BCUT2D eigenvalue weighted by Gasteiger charge is -2.35. The average molecular weight is 338 g/mol. The molecule has 1 aliphatic rings. The van der Waals surface area contributed by atoms with Crippen molar-refractivity contribution in [1.82, 2.24) is 5.32 Å². The summed E-state index contributed by atoms with van der Waals surface area (Å²) in [6.45, 7) is 4.90. The number of alkyl halides is 1. The van der Waals surface area contributed by atoms with E-state index in [1.165, 1.54) is 43.2 Å². The fourth-order valence-electron chi connectivity index (χ4n) is 2.91. The first-order valence-corrected chi connectivity index (χ1v) is 8.60. The molecular weight excluding hydrogens is 314 g/mol. The molecule has 1 N–H and O–H groups in total. The molecule has 3 heteroatoms. The van der Waals surface area contributed by atoms with Crippen molar-refractivity contribution in [2.24, 2.45) is 5.41 Å². The van der Waals surface area contributed by atoms with Gasteiger partial charge in [0.2, 0.25) is 0 Å². The molecule has 0 bridgehead atoms. The van der Waals surface area contributed by atoms with Gasteiger partial charge in [0.25, 0.3) is 5.91 Å². The lowest BCUT2D eigenvalue weighted by Crippen LogP contribution is -2.40. The van der Waals surface area contributed by atoms with Crippen LogP contribution in [0.2, 0.25) is 0 Å². The molecule has 2 nitrogen and oxygen atoms in total. The van der Waals surface area contributed by atoms with Crippen LogP contribution < -0.4 is 5.32 Å². The molecule has 0 spiro atoms. The average Bonchev–Trinajstić information content (AvgIpc) is 2.48. The normalized spacial score (nSPS) is 17.8. The summed E-state index contributed by atoms with van der Waals surface area (Å²) in [4.78, 5) is 12.3. The summed E-state index contributed by atoms with van der Waals surface area (Å²) >= 11 is 3.64. The Morgan fingerprint density at radius 1 is 1.20 bits per heavy atom. The Bertz CT molecular complexity index is 478. The quantitative estimate of drug-likeness (QED) is 0.811. The second-order valence-corrected chi connectivity index (χ2v) is 6.74. The minimum Gasteiger partial charge on any atom is -0.351 e. The van der Waals surface area contributed by atoms with Gasteiger partial charge in [-0.05, 0) is 55.4 Å². The second kappa shape index (κ2) is 6.75. The van der Waals surface area contributed by atoms with Crippen LogP contribution in [0.3, 0.4) is 0 Å². The Morgan fingerprint density at radius 3 is 2.50 bits per heavy atom. The number of carbonyl (C=O) groups excluding carboxylic acids is 1. The van der Waals surface area contributed by atoms with E-state index in [4.69, 9.17) is 0 Å². The minimum atomic E-state index is 0.0546. The third kappa shape index (κ3) is 3.63. The summed E-state index contributed by atoms with van der Waals surface area (Å²) in [6, 6.07) is 5.91. The zero-order valence-corrected chi connectivity index (χ0v) is 14.1. The monoisotopic (exact) mass is 337 g/mol. The molecule has 20 heavy (non-hydrogen) atoms. The molecule has 1 aromatic rings. The molecule has 1 fully saturated rings. The number of carbonyl (C=O) groups is 1. The third-order valence-corrected chi connectivity index (χ3v) is 5.78. The van der Waals surface area contributed by atoms with Crippen LogP contribution in [0.15, 0.2) is 18.2 Å². The smallest absolute Gasteiger partial charge is 0.251 e. The lowest BCUT2D eigenvalue weighted by atomic mass is 9.75. The lowest BCUT2D eigenvalue weighted by molar-refractivity contribution is 0.0922. The molecule has 110 valence electrons. The van der Waals surface area contributed by atoms with Gasteiger partial charge in [-0.1, -0.05) is 41.3 Å². The van der Waals surface area contributed by atoms with Crippen molar-refractivity contribution in [2.75, 3.05) is 11.9 Å². The van der Waals surface area contributed by atoms with Gasteiger partial charge in [0.05, 0.1) is 0 Å².